The van der Waals surface area contributed by atoms with Crippen molar-refractivity contribution in [2.45, 2.75) is 129 Å². The molecule has 0 bridgehead atoms. The van der Waals surface area contributed by atoms with Crippen LogP contribution in [-0.2, 0) is 27.4 Å². The van der Waals surface area contributed by atoms with Crippen LogP contribution in [0, 0.1) is 0 Å². The lowest BCUT2D eigenvalue weighted by Crippen LogP contribution is -2.34. The summed E-state index contributed by atoms with van der Waals surface area (Å²) in [6, 6.07) is 21.5. The minimum Gasteiger partial charge on any atom is -0.379 e. The summed E-state index contributed by atoms with van der Waals surface area (Å²) in [4.78, 5) is 0. The Balaban J connectivity index is 1.14. The number of para-hydroxylation sites is 1. The number of benzene rings is 2. The summed E-state index contributed by atoms with van der Waals surface area (Å²) in [7, 11) is 1.74. The van der Waals surface area contributed by atoms with E-state index in [1.165, 1.54) is 118 Å². The van der Waals surface area contributed by atoms with Gasteiger partial charge < -0.3 is 14.2 Å². The van der Waals surface area contributed by atoms with Gasteiger partial charge in [-0.3, -0.25) is 0 Å². The monoisotopic (exact) mass is 590 g/mol. The highest BCUT2D eigenvalue weighted by Gasteiger charge is 2.10. The van der Waals surface area contributed by atoms with Crippen LogP contribution in [0.2, 0.25) is 0 Å². The largest absolute Gasteiger partial charge is 0.379 e. The maximum absolute atomic E-state index is 5.97. The Morgan fingerprint density at radius 3 is 1.74 bits per heavy atom. The molecule has 0 aliphatic carbocycles. The van der Waals surface area contributed by atoms with Crippen molar-refractivity contribution in [1.29, 1.82) is 0 Å². The summed E-state index contributed by atoms with van der Waals surface area (Å²) >= 11 is 0. The molecule has 0 N–H and O–H groups in total. The van der Waals surface area contributed by atoms with E-state index in [9.17, 15) is 0 Å². The van der Waals surface area contributed by atoms with E-state index in [2.05, 4.69) is 78.4 Å². The molecule has 0 aliphatic rings. The first-order chi connectivity index (χ1) is 21.3. The number of ether oxygens (including phenoxy) is 3. The van der Waals surface area contributed by atoms with E-state index in [-0.39, 0.29) is 6.10 Å². The molecule has 0 spiro atoms. The SMILES string of the molecule is CCCCCCCCCCCCCCCCCCOCC(COCc1ccc(C[n+]2cccc3ccccc32)cc1)OC. The lowest BCUT2D eigenvalue weighted by atomic mass is 10.0. The van der Waals surface area contributed by atoms with Crippen LogP contribution in [0.3, 0.4) is 0 Å². The van der Waals surface area contributed by atoms with Crippen LogP contribution in [0.15, 0.2) is 66.9 Å². The Labute approximate surface area is 263 Å². The predicted molar refractivity (Wildman–Crippen MR) is 181 cm³/mol. The van der Waals surface area contributed by atoms with E-state index >= 15 is 0 Å². The molecule has 1 heterocycles. The van der Waals surface area contributed by atoms with Gasteiger partial charge in [0.25, 0.3) is 0 Å². The number of unbranched alkanes of at least 4 members (excludes halogenated alkanes) is 15. The van der Waals surface area contributed by atoms with Crippen LogP contribution in [0.5, 0.6) is 0 Å². The third-order valence-corrected chi connectivity index (χ3v) is 8.52. The summed E-state index contributed by atoms with van der Waals surface area (Å²) in [6.45, 7) is 5.68. The number of nitrogens with zero attached hydrogens (tertiary/aromatic N) is 1. The number of methoxy groups -OCH3 is 1. The maximum atomic E-state index is 5.97. The van der Waals surface area contributed by atoms with Gasteiger partial charge in [0, 0.05) is 36.8 Å². The first-order valence-electron chi connectivity index (χ1n) is 17.4. The molecule has 0 amide bonds. The molecule has 3 rings (SSSR count). The molecular formula is C39H60NO3+. The highest BCUT2D eigenvalue weighted by atomic mass is 16.6. The summed E-state index contributed by atoms with van der Waals surface area (Å²) in [5.41, 5.74) is 3.71. The Morgan fingerprint density at radius 2 is 1.12 bits per heavy atom. The van der Waals surface area contributed by atoms with Crippen LogP contribution in [0.1, 0.15) is 121 Å². The third kappa shape index (κ3) is 15.3. The van der Waals surface area contributed by atoms with E-state index in [1.54, 1.807) is 7.11 Å². The third-order valence-electron chi connectivity index (χ3n) is 8.52. The number of aromatic nitrogens is 1. The minimum absolute atomic E-state index is 0.0249. The molecule has 0 saturated heterocycles. The first-order valence-corrected chi connectivity index (χ1v) is 17.4. The van der Waals surface area contributed by atoms with E-state index in [4.69, 9.17) is 14.2 Å². The quantitative estimate of drug-likeness (QED) is 0.0689. The van der Waals surface area contributed by atoms with E-state index in [0.717, 1.165) is 19.6 Å². The summed E-state index contributed by atoms with van der Waals surface area (Å²) in [5, 5.41) is 1.26. The topological polar surface area (TPSA) is 31.6 Å². The van der Waals surface area contributed by atoms with Crippen molar-refractivity contribution in [3.8, 4) is 0 Å². The lowest BCUT2D eigenvalue weighted by Gasteiger charge is -2.16. The molecule has 3 aromatic rings. The van der Waals surface area contributed by atoms with Gasteiger partial charge in [0.2, 0.25) is 5.52 Å². The molecule has 1 atom stereocenters. The fraction of sp³-hybridized carbons (Fsp3) is 0.615. The zero-order valence-corrected chi connectivity index (χ0v) is 27.4. The number of hydrogen-bond acceptors (Lipinski definition) is 3. The van der Waals surface area contributed by atoms with E-state index in [0.29, 0.717) is 19.8 Å². The second-order valence-electron chi connectivity index (χ2n) is 12.3. The Morgan fingerprint density at radius 1 is 0.581 bits per heavy atom. The normalized spacial score (nSPS) is 12.2. The maximum Gasteiger partial charge on any atom is 0.212 e. The molecule has 4 nitrogen and oxygen atoms in total. The van der Waals surface area contributed by atoms with Gasteiger partial charge in [-0.1, -0.05) is 140 Å². The molecule has 0 fully saturated rings. The van der Waals surface area contributed by atoms with Crippen molar-refractivity contribution < 1.29 is 18.8 Å². The van der Waals surface area contributed by atoms with Crippen molar-refractivity contribution in [2.75, 3.05) is 26.9 Å². The van der Waals surface area contributed by atoms with Gasteiger partial charge in [-0.05, 0) is 24.1 Å². The lowest BCUT2D eigenvalue weighted by molar-refractivity contribution is -0.662. The van der Waals surface area contributed by atoms with Crippen LogP contribution < -0.4 is 4.57 Å². The number of fused-ring (bicyclic) bond motifs is 1. The molecule has 0 radical (unpaired) electrons. The molecular weight excluding hydrogens is 530 g/mol. The molecule has 2 aromatic carbocycles. The average molecular weight is 591 g/mol. The molecule has 1 unspecified atom stereocenters. The van der Waals surface area contributed by atoms with Gasteiger partial charge >= 0.3 is 0 Å². The molecule has 1 aromatic heterocycles. The van der Waals surface area contributed by atoms with E-state index < -0.39 is 0 Å². The highest BCUT2D eigenvalue weighted by Crippen LogP contribution is 2.14. The van der Waals surface area contributed by atoms with Gasteiger partial charge in [0.1, 0.15) is 6.10 Å². The van der Waals surface area contributed by atoms with Crippen LogP contribution in [-0.4, -0.2) is 33.0 Å². The molecule has 43 heavy (non-hydrogen) atoms. The van der Waals surface area contributed by atoms with Crippen LogP contribution in [0.25, 0.3) is 10.9 Å². The zero-order valence-electron chi connectivity index (χ0n) is 27.4. The second-order valence-corrected chi connectivity index (χ2v) is 12.3. The summed E-state index contributed by atoms with van der Waals surface area (Å²) in [6.07, 6.45) is 24.3. The standard InChI is InChI=1S/C39H60NO3/c1-3-4-5-6-7-8-9-10-11-12-13-14-15-16-17-20-30-42-33-38(41-2)34-43-32-36-27-25-35(26-28-36)31-40-29-21-23-37-22-18-19-24-39(37)40/h18-19,21-29,38H,3-17,20,30-34H2,1-2H3/q+1. The average Bonchev–Trinajstić information content (AvgIpc) is 3.04. The fourth-order valence-corrected chi connectivity index (χ4v) is 5.76. The zero-order chi connectivity index (χ0) is 30.2. The molecule has 0 aliphatic heterocycles. The van der Waals surface area contributed by atoms with Crippen LogP contribution in [0.4, 0.5) is 0 Å². The van der Waals surface area contributed by atoms with Crippen LogP contribution >= 0.6 is 0 Å². The van der Waals surface area contributed by atoms with Crippen molar-refractivity contribution in [3.63, 3.8) is 0 Å². The van der Waals surface area contributed by atoms with E-state index in [1.807, 2.05) is 0 Å². The molecule has 4 heteroatoms. The number of pyridine rings is 1. The van der Waals surface area contributed by atoms with Crippen molar-refractivity contribution in [2.24, 2.45) is 0 Å². The van der Waals surface area contributed by atoms with Gasteiger partial charge in [-0.25, -0.2) is 0 Å². The van der Waals surface area contributed by atoms with Crippen molar-refractivity contribution >= 4 is 10.9 Å². The van der Waals surface area contributed by atoms with Gasteiger partial charge in [0.15, 0.2) is 12.7 Å². The first kappa shape index (κ1) is 35.2. The van der Waals surface area contributed by atoms with Crippen molar-refractivity contribution in [3.05, 3.63) is 78.0 Å². The summed E-state index contributed by atoms with van der Waals surface area (Å²) < 4.78 is 19.8. The van der Waals surface area contributed by atoms with Gasteiger partial charge in [0.05, 0.1) is 19.8 Å². The van der Waals surface area contributed by atoms with Gasteiger partial charge in [-0.2, -0.15) is 4.57 Å². The van der Waals surface area contributed by atoms with Crippen molar-refractivity contribution in [1.82, 2.24) is 0 Å². The molecule has 238 valence electrons. The molecule has 0 saturated carbocycles. The summed E-state index contributed by atoms with van der Waals surface area (Å²) in [5.74, 6) is 0. The predicted octanol–water partition coefficient (Wildman–Crippen LogP) is 9.99. The Kier molecular flexibility index (Phi) is 19.0. The second kappa shape index (κ2) is 23.2. The minimum atomic E-state index is -0.0249. The Hall–Kier alpha value is -2.27. The number of hydrogen-bond donors (Lipinski definition) is 0. The smallest absolute Gasteiger partial charge is 0.212 e. The highest BCUT2D eigenvalue weighted by molar-refractivity contribution is 5.74. The fourth-order valence-electron chi connectivity index (χ4n) is 5.76. The number of rotatable bonds is 26. The van der Waals surface area contributed by atoms with Gasteiger partial charge in [-0.15, -0.1) is 0 Å². The Bertz CT molecular complexity index is 1080.